The minimum absolute atomic E-state index is 0.0284. The van der Waals surface area contributed by atoms with Gasteiger partial charge in [-0.25, -0.2) is 13.6 Å². The van der Waals surface area contributed by atoms with Crippen LogP contribution in [-0.4, -0.2) is 13.4 Å². The molecule has 5 N–H and O–H groups in total. The monoisotopic (exact) mass is 292 g/mol. The van der Waals surface area contributed by atoms with Gasteiger partial charge in [0, 0.05) is 18.9 Å². The van der Waals surface area contributed by atoms with Crippen LogP contribution in [0, 0.1) is 6.92 Å². The molecular weight excluding hydrogens is 276 g/mol. The number of nitrogens with zero attached hydrogens (tertiary/aromatic N) is 1. The van der Waals surface area contributed by atoms with E-state index in [4.69, 9.17) is 10.9 Å². The van der Waals surface area contributed by atoms with Gasteiger partial charge in [-0.1, -0.05) is 0 Å². The molecule has 0 spiro atoms. The molecule has 0 aliphatic rings. The molecule has 106 valence electrons. The van der Waals surface area contributed by atoms with E-state index in [0.29, 0.717) is 17.9 Å². The van der Waals surface area contributed by atoms with E-state index in [2.05, 4.69) is 10.3 Å². The van der Waals surface area contributed by atoms with E-state index >= 15 is 0 Å². The second kappa shape index (κ2) is 5.48. The van der Waals surface area contributed by atoms with Crippen LogP contribution in [0.2, 0.25) is 0 Å². The number of pyridine rings is 1. The highest BCUT2D eigenvalue weighted by Crippen LogP contribution is 2.23. The Morgan fingerprint density at radius 3 is 2.70 bits per heavy atom. The highest BCUT2D eigenvalue weighted by Gasteiger charge is 2.10. The zero-order valence-corrected chi connectivity index (χ0v) is 11.8. The Morgan fingerprint density at radius 2 is 2.05 bits per heavy atom. The van der Waals surface area contributed by atoms with Crippen molar-refractivity contribution in [3.63, 3.8) is 0 Å². The molecule has 0 aliphatic heterocycles. The van der Waals surface area contributed by atoms with Crippen LogP contribution in [0.5, 0.6) is 0 Å². The summed E-state index contributed by atoms with van der Waals surface area (Å²) >= 11 is 0. The van der Waals surface area contributed by atoms with Crippen LogP contribution < -0.4 is 16.2 Å². The molecular formula is C13H16N4O2S. The maximum Gasteiger partial charge on any atom is 0.238 e. The first-order valence-corrected chi connectivity index (χ1v) is 7.48. The van der Waals surface area contributed by atoms with Gasteiger partial charge in [-0.2, -0.15) is 0 Å². The number of sulfonamides is 1. The molecule has 0 saturated carbocycles. The molecule has 0 radical (unpaired) electrons. The zero-order valence-electron chi connectivity index (χ0n) is 11.0. The Balaban J connectivity index is 2.24. The van der Waals surface area contributed by atoms with Gasteiger partial charge in [0.1, 0.15) is 0 Å². The lowest BCUT2D eigenvalue weighted by atomic mass is 10.1. The first kappa shape index (κ1) is 14.3. The van der Waals surface area contributed by atoms with Crippen molar-refractivity contribution in [1.29, 1.82) is 0 Å². The van der Waals surface area contributed by atoms with Crippen molar-refractivity contribution in [2.24, 2.45) is 5.14 Å². The van der Waals surface area contributed by atoms with Crippen molar-refractivity contribution >= 4 is 21.4 Å². The summed E-state index contributed by atoms with van der Waals surface area (Å²) < 4.78 is 22.7. The normalized spacial score (nSPS) is 11.3. The van der Waals surface area contributed by atoms with Crippen LogP contribution in [0.25, 0.3) is 0 Å². The summed E-state index contributed by atoms with van der Waals surface area (Å²) in [5.41, 5.74) is 8.92. The summed E-state index contributed by atoms with van der Waals surface area (Å²) in [7, 11) is -3.74. The molecule has 0 bridgehead atoms. The molecule has 1 aromatic heterocycles. The smallest absolute Gasteiger partial charge is 0.238 e. The Labute approximate surface area is 117 Å². The summed E-state index contributed by atoms with van der Waals surface area (Å²) in [6, 6.07) is 6.22. The fourth-order valence-corrected chi connectivity index (χ4v) is 2.30. The third-order valence-corrected chi connectivity index (χ3v) is 3.87. The molecule has 20 heavy (non-hydrogen) atoms. The Hall–Kier alpha value is -2.12. The van der Waals surface area contributed by atoms with Crippen LogP contribution in [0.4, 0.5) is 11.4 Å². The summed E-state index contributed by atoms with van der Waals surface area (Å²) in [5, 5.41) is 8.21. The molecule has 1 heterocycles. The van der Waals surface area contributed by atoms with E-state index in [-0.39, 0.29) is 4.90 Å². The molecule has 0 aliphatic carbocycles. The second-order valence-electron chi connectivity index (χ2n) is 4.45. The first-order valence-electron chi connectivity index (χ1n) is 5.93. The minimum Gasteiger partial charge on any atom is -0.397 e. The largest absolute Gasteiger partial charge is 0.397 e. The van der Waals surface area contributed by atoms with E-state index in [9.17, 15) is 8.42 Å². The first-order chi connectivity index (χ1) is 9.38. The zero-order chi connectivity index (χ0) is 14.8. The predicted octanol–water partition coefficient (Wildman–Crippen LogP) is 1.23. The van der Waals surface area contributed by atoms with E-state index < -0.39 is 10.0 Å². The summed E-state index contributed by atoms with van der Waals surface area (Å²) in [4.78, 5) is 4.04. The van der Waals surface area contributed by atoms with Crippen molar-refractivity contribution in [3.8, 4) is 0 Å². The fourth-order valence-electron chi connectivity index (χ4n) is 1.76. The summed E-state index contributed by atoms with van der Waals surface area (Å²) in [6.45, 7) is 2.47. The molecule has 0 saturated heterocycles. The van der Waals surface area contributed by atoms with Crippen LogP contribution in [0.3, 0.4) is 0 Å². The van der Waals surface area contributed by atoms with Crippen molar-refractivity contribution in [2.75, 3.05) is 11.1 Å². The molecule has 7 heteroatoms. The quantitative estimate of drug-likeness (QED) is 0.734. The lowest BCUT2D eigenvalue weighted by molar-refractivity contribution is 0.598. The van der Waals surface area contributed by atoms with Gasteiger partial charge in [0.15, 0.2) is 0 Å². The highest BCUT2D eigenvalue weighted by molar-refractivity contribution is 7.89. The van der Waals surface area contributed by atoms with E-state index in [1.54, 1.807) is 12.4 Å². The van der Waals surface area contributed by atoms with Gasteiger partial charge < -0.3 is 11.1 Å². The van der Waals surface area contributed by atoms with E-state index in [1.165, 1.54) is 18.2 Å². The van der Waals surface area contributed by atoms with Gasteiger partial charge >= 0.3 is 0 Å². The number of hydrogen-bond acceptors (Lipinski definition) is 5. The number of nitrogens with one attached hydrogen (secondary N) is 1. The maximum atomic E-state index is 11.3. The fraction of sp³-hybridized carbons (Fsp3) is 0.154. The van der Waals surface area contributed by atoms with Gasteiger partial charge in [-0.05, 0) is 42.3 Å². The predicted molar refractivity (Wildman–Crippen MR) is 78.5 cm³/mol. The number of aryl methyl sites for hydroxylation is 1. The number of hydrogen-bond donors (Lipinski definition) is 3. The SMILES string of the molecule is Cc1cnccc1CNc1cc(S(N)(=O)=O)ccc1N. The Kier molecular flexibility index (Phi) is 3.91. The molecule has 6 nitrogen and oxygen atoms in total. The molecule has 0 atom stereocenters. The third kappa shape index (κ3) is 3.25. The number of benzene rings is 1. The third-order valence-electron chi connectivity index (χ3n) is 2.96. The van der Waals surface area contributed by atoms with Gasteiger partial charge in [0.05, 0.1) is 16.3 Å². The molecule has 0 unspecified atom stereocenters. The molecule has 2 rings (SSSR count). The van der Waals surface area contributed by atoms with Crippen molar-refractivity contribution in [2.45, 2.75) is 18.4 Å². The highest BCUT2D eigenvalue weighted by atomic mass is 32.2. The number of primary sulfonamides is 1. The van der Waals surface area contributed by atoms with Crippen molar-refractivity contribution < 1.29 is 8.42 Å². The van der Waals surface area contributed by atoms with E-state index in [1.807, 2.05) is 13.0 Å². The Morgan fingerprint density at radius 1 is 1.30 bits per heavy atom. The van der Waals surface area contributed by atoms with Crippen LogP contribution in [0.1, 0.15) is 11.1 Å². The van der Waals surface area contributed by atoms with Crippen molar-refractivity contribution in [1.82, 2.24) is 4.98 Å². The van der Waals surface area contributed by atoms with Gasteiger partial charge in [0.25, 0.3) is 0 Å². The van der Waals surface area contributed by atoms with Gasteiger partial charge in [0.2, 0.25) is 10.0 Å². The molecule has 1 aromatic carbocycles. The second-order valence-corrected chi connectivity index (χ2v) is 6.01. The maximum absolute atomic E-state index is 11.3. The Bertz CT molecular complexity index is 729. The number of aromatic nitrogens is 1. The number of nitrogen functional groups attached to an aromatic ring is 1. The topological polar surface area (TPSA) is 111 Å². The van der Waals surface area contributed by atoms with E-state index in [0.717, 1.165) is 11.1 Å². The van der Waals surface area contributed by atoms with Crippen LogP contribution in [-0.2, 0) is 16.6 Å². The lowest BCUT2D eigenvalue weighted by Gasteiger charge is -2.12. The van der Waals surface area contributed by atoms with Gasteiger partial charge in [-0.3, -0.25) is 4.98 Å². The van der Waals surface area contributed by atoms with Gasteiger partial charge in [-0.15, -0.1) is 0 Å². The van der Waals surface area contributed by atoms with Crippen LogP contribution >= 0.6 is 0 Å². The molecule has 0 fully saturated rings. The summed E-state index contributed by atoms with van der Waals surface area (Å²) in [6.07, 6.45) is 3.47. The average Bonchev–Trinajstić information content (AvgIpc) is 2.38. The number of nitrogens with two attached hydrogens (primary N) is 2. The van der Waals surface area contributed by atoms with Crippen LogP contribution in [0.15, 0.2) is 41.6 Å². The van der Waals surface area contributed by atoms with Crippen molar-refractivity contribution in [3.05, 3.63) is 47.8 Å². The number of anilines is 2. The number of rotatable bonds is 4. The molecule has 0 amide bonds. The standard InChI is InChI=1S/C13H16N4O2S/c1-9-7-16-5-4-10(9)8-17-13-6-11(20(15,18)19)2-3-12(13)14/h2-7,17H,8,14H2,1H3,(H2,15,18,19). The molecule has 2 aromatic rings. The summed E-state index contributed by atoms with van der Waals surface area (Å²) in [5.74, 6) is 0. The average molecular weight is 292 g/mol. The minimum atomic E-state index is -3.74. The lowest BCUT2D eigenvalue weighted by Crippen LogP contribution is -2.13.